The quantitative estimate of drug-likeness (QED) is 0.334. The van der Waals surface area contributed by atoms with Crippen LogP contribution in [0.3, 0.4) is 0 Å². The third-order valence-corrected chi connectivity index (χ3v) is 3.72. The van der Waals surface area contributed by atoms with Crippen LogP contribution in [-0.4, -0.2) is 26.7 Å². The zero-order valence-electron chi connectivity index (χ0n) is 15.2. The van der Waals surface area contributed by atoms with Crippen LogP contribution in [0.2, 0.25) is 0 Å². The number of hydrogen-bond donors (Lipinski definition) is 2. The highest BCUT2D eigenvalue weighted by atomic mass is 127. The van der Waals surface area contributed by atoms with Crippen molar-refractivity contribution >= 4 is 29.9 Å². The van der Waals surface area contributed by atoms with Crippen LogP contribution in [-0.2, 0) is 24.4 Å². The van der Waals surface area contributed by atoms with Crippen LogP contribution in [0, 0.1) is 0 Å². The second-order valence-corrected chi connectivity index (χ2v) is 5.47. The van der Waals surface area contributed by atoms with Gasteiger partial charge in [0.05, 0.1) is 6.61 Å². The van der Waals surface area contributed by atoms with Crippen LogP contribution in [0.5, 0.6) is 5.75 Å². The Morgan fingerprint density at radius 3 is 2.11 bits per heavy atom. The Morgan fingerprint density at radius 2 is 1.52 bits per heavy atom. The zero-order valence-corrected chi connectivity index (χ0v) is 17.6. The summed E-state index contributed by atoms with van der Waals surface area (Å²) < 4.78 is 34.7. The number of hydrogen-bond acceptors (Lipinski definition) is 3. The maximum atomic E-state index is 12.5. The smallest absolute Gasteiger partial charge is 0.387 e. The second kappa shape index (κ2) is 12.4. The minimum absolute atomic E-state index is 0. The number of aliphatic imine (C=N–C) groups is 1. The molecule has 2 aromatic carbocycles. The average Bonchev–Trinajstić information content (AvgIpc) is 2.64. The molecule has 0 atom stereocenters. The van der Waals surface area contributed by atoms with Crippen LogP contribution in [0.1, 0.15) is 16.7 Å². The number of ether oxygens (including phenoxy) is 2. The normalized spacial score (nSPS) is 11.1. The third kappa shape index (κ3) is 7.67. The minimum atomic E-state index is -2.86. The second-order valence-electron chi connectivity index (χ2n) is 5.47. The highest BCUT2D eigenvalue weighted by Crippen LogP contribution is 2.19. The summed E-state index contributed by atoms with van der Waals surface area (Å²) in [4.78, 5) is 4.16. The molecule has 2 aromatic rings. The number of nitrogens with one attached hydrogen (secondary N) is 2. The van der Waals surface area contributed by atoms with Gasteiger partial charge in [0.15, 0.2) is 5.96 Å². The van der Waals surface area contributed by atoms with Crippen LogP contribution in [0.15, 0.2) is 53.5 Å². The number of methoxy groups -OCH3 is 1. The fourth-order valence-corrected chi connectivity index (χ4v) is 2.47. The Bertz CT molecular complexity index is 730. The van der Waals surface area contributed by atoms with Crippen LogP contribution >= 0.6 is 24.0 Å². The van der Waals surface area contributed by atoms with Crippen molar-refractivity contribution in [3.8, 4) is 5.75 Å². The molecule has 2 N–H and O–H groups in total. The Hall–Kier alpha value is -1.94. The number of halogens is 3. The van der Waals surface area contributed by atoms with Crippen molar-refractivity contribution in [3.63, 3.8) is 0 Å². The lowest BCUT2D eigenvalue weighted by Crippen LogP contribution is -2.36. The Balaban J connectivity index is 0.00000364. The van der Waals surface area contributed by atoms with Gasteiger partial charge in [0.25, 0.3) is 0 Å². The summed E-state index contributed by atoms with van der Waals surface area (Å²) in [6.45, 7) is -1.45. The molecule has 0 unspecified atom stereocenters. The molecule has 0 saturated heterocycles. The van der Waals surface area contributed by atoms with Gasteiger partial charge in [-0.25, -0.2) is 0 Å². The van der Waals surface area contributed by atoms with E-state index in [-0.39, 0.29) is 29.7 Å². The number of rotatable bonds is 8. The summed E-state index contributed by atoms with van der Waals surface area (Å²) in [5.41, 5.74) is 2.81. The predicted octanol–water partition coefficient (Wildman–Crippen LogP) is 3.92. The molecule has 0 fully saturated rings. The van der Waals surface area contributed by atoms with E-state index in [1.807, 2.05) is 24.3 Å². The molecule has 5 nitrogen and oxygen atoms in total. The van der Waals surface area contributed by atoms with Crippen molar-refractivity contribution < 1.29 is 18.3 Å². The molecule has 148 valence electrons. The van der Waals surface area contributed by atoms with E-state index in [2.05, 4.69) is 20.4 Å². The molecule has 0 radical (unpaired) electrons. The Morgan fingerprint density at radius 1 is 0.963 bits per heavy atom. The number of alkyl halides is 2. The van der Waals surface area contributed by atoms with E-state index in [1.54, 1.807) is 32.4 Å². The maximum Gasteiger partial charge on any atom is 0.387 e. The average molecular weight is 491 g/mol. The molecule has 0 saturated carbocycles. The van der Waals surface area contributed by atoms with Gasteiger partial charge in [0.1, 0.15) is 5.75 Å². The van der Waals surface area contributed by atoms with Gasteiger partial charge >= 0.3 is 6.61 Å². The van der Waals surface area contributed by atoms with Crippen LogP contribution < -0.4 is 15.4 Å². The fraction of sp³-hybridized carbons (Fsp3) is 0.316. The van der Waals surface area contributed by atoms with Crippen LogP contribution in [0.25, 0.3) is 0 Å². The standard InChI is InChI=1S/C19H23F2N3O2.HI/c1-22-19(23-11-14-7-3-4-9-16(14)13-25-2)24-12-15-8-5-6-10-17(15)26-18(20)21;/h3-10,18H,11-13H2,1-2H3,(H2,22,23,24);1H. The van der Waals surface area contributed by atoms with Crippen molar-refractivity contribution in [3.05, 3.63) is 65.2 Å². The van der Waals surface area contributed by atoms with Gasteiger partial charge in [-0.05, 0) is 17.2 Å². The molecule has 0 aromatic heterocycles. The first-order valence-electron chi connectivity index (χ1n) is 8.17. The summed E-state index contributed by atoms with van der Waals surface area (Å²) in [6.07, 6.45) is 0. The Kier molecular flexibility index (Phi) is 10.6. The van der Waals surface area contributed by atoms with Gasteiger partial charge in [0, 0.05) is 32.8 Å². The Labute approximate surface area is 175 Å². The number of nitrogens with zero attached hydrogens (tertiary/aromatic N) is 1. The monoisotopic (exact) mass is 491 g/mol. The van der Waals surface area contributed by atoms with Gasteiger partial charge < -0.3 is 20.1 Å². The molecule has 27 heavy (non-hydrogen) atoms. The van der Waals surface area contributed by atoms with Gasteiger partial charge in [-0.3, -0.25) is 4.99 Å². The molecule has 0 aliphatic carbocycles. The minimum Gasteiger partial charge on any atom is -0.434 e. The first-order chi connectivity index (χ1) is 12.6. The van der Waals surface area contributed by atoms with Crippen molar-refractivity contribution in [1.29, 1.82) is 0 Å². The van der Waals surface area contributed by atoms with Gasteiger partial charge in [-0.1, -0.05) is 42.5 Å². The SMILES string of the molecule is CN=C(NCc1ccccc1COC)NCc1ccccc1OC(F)F.I. The van der Waals surface area contributed by atoms with E-state index in [0.29, 0.717) is 31.2 Å². The van der Waals surface area contributed by atoms with E-state index < -0.39 is 6.61 Å². The summed E-state index contributed by atoms with van der Waals surface area (Å²) in [5.74, 6) is 0.708. The summed E-state index contributed by atoms with van der Waals surface area (Å²) in [6, 6.07) is 14.6. The van der Waals surface area contributed by atoms with Gasteiger partial charge in [0.2, 0.25) is 0 Å². The zero-order chi connectivity index (χ0) is 18.8. The summed E-state index contributed by atoms with van der Waals surface area (Å²) in [7, 11) is 3.31. The molecular weight excluding hydrogens is 467 g/mol. The molecule has 2 rings (SSSR count). The number of benzene rings is 2. The van der Waals surface area contributed by atoms with E-state index in [4.69, 9.17) is 4.74 Å². The highest BCUT2D eigenvalue weighted by molar-refractivity contribution is 14.0. The molecule has 0 aliphatic heterocycles. The lowest BCUT2D eigenvalue weighted by Gasteiger charge is -2.15. The first-order valence-corrected chi connectivity index (χ1v) is 8.17. The summed E-state index contributed by atoms with van der Waals surface area (Å²) >= 11 is 0. The lowest BCUT2D eigenvalue weighted by atomic mass is 10.1. The van der Waals surface area contributed by atoms with Crippen LogP contribution in [0.4, 0.5) is 8.78 Å². The highest BCUT2D eigenvalue weighted by Gasteiger charge is 2.09. The van der Waals surface area contributed by atoms with E-state index in [0.717, 1.165) is 11.1 Å². The number of para-hydroxylation sites is 1. The van der Waals surface area contributed by atoms with Crippen molar-refractivity contribution in [2.45, 2.75) is 26.3 Å². The molecule has 0 bridgehead atoms. The topological polar surface area (TPSA) is 54.9 Å². The van der Waals surface area contributed by atoms with Crippen molar-refractivity contribution in [1.82, 2.24) is 10.6 Å². The molecule has 8 heteroatoms. The maximum absolute atomic E-state index is 12.5. The predicted molar refractivity (Wildman–Crippen MR) is 113 cm³/mol. The number of guanidine groups is 1. The van der Waals surface area contributed by atoms with E-state index >= 15 is 0 Å². The van der Waals surface area contributed by atoms with E-state index in [1.165, 1.54) is 6.07 Å². The molecular formula is C19H24F2IN3O2. The molecule has 0 aliphatic rings. The fourth-order valence-electron chi connectivity index (χ4n) is 2.47. The van der Waals surface area contributed by atoms with Gasteiger partial charge in [-0.15, -0.1) is 24.0 Å². The molecule has 0 spiro atoms. The van der Waals surface area contributed by atoms with Gasteiger partial charge in [-0.2, -0.15) is 8.78 Å². The summed E-state index contributed by atoms with van der Waals surface area (Å²) in [5, 5.41) is 6.31. The van der Waals surface area contributed by atoms with E-state index in [9.17, 15) is 8.78 Å². The lowest BCUT2D eigenvalue weighted by molar-refractivity contribution is -0.0504. The molecule has 0 heterocycles. The third-order valence-electron chi connectivity index (χ3n) is 3.72. The first kappa shape index (κ1) is 23.1. The largest absolute Gasteiger partial charge is 0.434 e. The van der Waals surface area contributed by atoms with Crippen molar-refractivity contribution in [2.75, 3.05) is 14.2 Å². The molecule has 0 amide bonds. The van der Waals surface area contributed by atoms with Crippen molar-refractivity contribution in [2.24, 2.45) is 4.99 Å².